The molecule has 204 valence electrons. The van der Waals surface area contributed by atoms with Crippen molar-refractivity contribution in [3.63, 3.8) is 0 Å². The lowest BCUT2D eigenvalue weighted by atomic mass is 9.77. The Morgan fingerprint density at radius 2 is 1.89 bits per heavy atom. The van der Waals surface area contributed by atoms with Crippen LogP contribution in [-0.4, -0.2) is 66.0 Å². The van der Waals surface area contributed by atoms with E-state index in [2.05, 4.69) is 15.6 Å². The second-order valence-electron chi connectivity index (χ2n) is 9.93. The van der Waals surface area contributed by atoms with Crippen molar-refractivity contribution in [2.45, 2.75) is 49.2 Å². The Hall–Kier alpha value is -3.81. The van der Waals surface area contributed by atoms with Gasteiger partial charge in [-0.2, -0.15) is 0 Å². The lowest BCUT2D eigenvalue weighted by Gasteiger charge is -2.37. The average molecular weight is 550 g/mol. The van der Waals surface area contributed by atoms with E-state index in [1.165, 1.54) is 24.7 Å². The lowest BCUT2D eigenvalue weighted by molar-refractivity contribution is -0.145. The topological polar surface area (TPSA) is 168 Å². The first-order valence-corrected chi connectivity index (χ1v) is 13.8. The highest BCUT2D eigenvalue weighted by molar-refractivity contribution is 7.90. The smallest absolute Gasteiger partial charge is 0.311 e. The van der Waals surface area contributed by atoms with Crippen LogP contribution in [0.25, 0.3) is 0 Å². The third-order valence-corrected chi connectivity index (χ3v) is 8.19. The molecule has 1 fully saturated rings. The van der Waals surface area contributed by atoms with Gasteiger partial charge in [0, 0.05) is 33.4 Å². The quantitative estimate of drug-likeness (QED) is 0.439. The van der Waals surface area contributed by atoms with E-state index in [0.717, 1.165) is 23.3 Å². The van der Waals surface area contributed by atoms with Gasteiger partial charge in [0.15, 0.2) is 15.5 Å². The first-order valence-electron chi connectivity index (χ1n) is 11.9. The van der Waals surface area contributed by atoms with Crippen LogP contribution in [0.15, 0.2) is 27.9 Å². The molecule has 3 heterocycles. The molecule has 5 rings (SSSR count). The molecular weight excluding hydrogens is 521 g/mol. The van der Waals surface area contributed by atoms with Crippen molar-refractivity contribution in [1.29, 1.82) is 0 Å². The summed E-state index contributed by atoms with van der Waals surface area (Å²) in [7, 11) is -0.964. The molecule has 3 aliphatic rings. The summed E-state index contributed by atoms with van der Waals surface area (Å²) in [6, 6.07) is 3.08. The summed E-state index contributed by atoms with van der Waals surface area (Å²) in [5.74, 6) is -4.19. The zero-order valence-electron chi connectivity index (χ0n) is 21.1. The van der Waals surface area contributed by atoms with E-state index in [1.807, 2.05) is 0 Å². The van der Waals surface area contributed by atoms with E-state index in [4.69, 9.17) is 0 Å². The van der Waals surface area contributed by atoms with Crippen LogP contribution in [-0.2, 0) is 38.1 Å². The van der Waals surface area contributed by atoms with Gasteiger partial charge >= 0.3 is 11.8 Å². The zero-order chi connectivity index (χ0) is 28.0. The molecule has 0 unspecified atom stereocenters. The van der Waals surface area contributed by atoms with Crippen LogP contribution in [0.1, 0.15) is 47.6 Å². The summed E-state index contributed by atoms with van der Waals surface area (Å²) in [5.41, 5.74) is -2.59. The Morgan fingerprint density at radius 1 is 1.24 bits per heavy atom. The zero-order valence-corrected chi connectivity index (χ0v) is 21.9. The fraction of sp³-hybridized carbons (Fsp3) is 0.458. The number of nitrogens with zero attached hydrogens (tertiary/aromatic N) is 3. The van der Waals surface area contributed by atoms with Crippen LogP contribution in [0.2, 0.25) is 0 Å². The van der Waals surface area contributed by atoms with Crippen LogP contribution in [0.3, 0.4) is 0 Å². The number of hydrogen-bond donors (Lipinski definition) is 3. The molecule has 3 amide bonds. The van der Waals surface area contributed by atoms with Gasteiger partial charge in [0.25, 0.3) is 11.5 Å². The van der Waals surface area contributed by atoms with Gasteiger partial charge in [-0.15, -0.1) is 0 Å². The predicted octanol–water partition coefficient (Wildman–Crippen LogP) is 0.0250. The Balaban J connectivity index is 1.71. The van der Waals surface area contributed by atoms with Gasteiger partial charge < -0.3 is 20.6 Å². The molecule has 1 aromatic heterocycles. The summed E-state index contributed by atoms with van der Waals surface area (Å²) in [5, 5.41) is 15.8. The normalized spacial score (nSPS) is 20.3. The van der Waals surface area contributed by atoms with Gasteiger partial charge in [0.1, 0.15) is 11.6 Å². The van der Waals surface area contributed by atoms with E-state index in [9.17, 15) is 37.1 Å². The van der Waals surface area contributed by atoms with Gasteiger partial charge in [-0.1, -0.05) is 6.07 Å². The number of carbonyl (C=O) groups is 3. The van der Waals surface area contributed by atoms with Crippen molar-refractivity contribution in [3.05, 3.63) is 51.5 Å². The van der Waals surface area contributed by atoms with Crippen molar-refractivity contribution in [3.8, 4) is 5.75 Å². The summed E-state index contributed by atoms with van der Waals surface area (Å²) >= 11 is 0. The minimum Gasteiger partial charge on any atom is -0.501 e. The number of likely N-dealkylation sites (N-methyl/N-ethyl adjacent to an activating group) is 1. The minimum absolute atomic E-state index is 0.0592. The molecule has 1 aromatic carbocycles. The number of sulfone groups is 1. The van der Waals surface area contributed by atoms with Gasteiger partial charge in [-0.05, 0) is 49.3 Å². The summed E-state index contributed by atoms with van der Waals surface area (Å²) in [6.07, 6.45) is 2.89. The Labute approximate surface area is 217 Å². The molecule has 0 atom stereocenters. The number of aromatic nitrogens is 2. The van der Waals surface area contributed by atoms with Crippen molar-refractivity contribution < 1.29 is 32.3 Å². The van der Waals surface area contributed by atoms with Crippen LogP contribution in [0.5, 0.6) is 5.75 Å². The van der Waals surface area contributed by atoms with Crippen molar-refractivity contribution in [2.75, 3.05) is 20.4 Å². The minimum atomic E-state index is -3.82. The Kier molecular flexibility index (Phi) is 7.03. The molecule has 14 heteroatoms. The highest BCUT2D eigenvalue weighted by Gasteiger charge is 2.46. The second kappa shape index (κ2) is 9.82. The number of carbonyl (C=O) groups excluding carboxylic acids is 3. The number of halogens is 1. The van der Waals surface area contributed by atoms with E-state index in [1.54, 1.807) is 0 Å². The molecule has 0 saturated heterocycles. The lowest BCUT2D eigenvalue weighted by Crippen LogP contribution is -2.53. The molecule has 0 radical (unpaired) electrons. The largest absolute Gasteiger partial charge is 0.501 e. The van der Waals surface area contributed by atoms with E-state index < -0.39 is 55.9 Å². The molecule has 1 saturated carbocycles. The number of rotatable bonds is 5. The average Bonchev–Trinajstić information content (AvgIpc) is 3.10. The van der Waals surface area contributed by atoms with E-state index in [0.29, 0.717) is 25.7 Å². The summed E-state index contributed by atoms with van der Waals surface area (Å²) in [6.45, 7) is -0.133. The molecule has 1 aliphatic carbocycles. The fourth-order valence-electron chi connectivity index (χ4n) is 5.01. The number of amides is 3. The molecule has 0 spiro atoms. The van der Waals surface area contributed by atoms with Crippen LogP contribution >= 0.6 is 0 Å². The molecule has 38 heavy (non-hydrogen) atoms. The van der Waals surface area contributed by atoms with E-state index in [-0.39, 0.29) is 35.3 Å². The maximum absolute atomic E-state index is 13.6. The van der Waals surface area contributed by atoms with Gasteiger partial charge in [-0.3, -0.25) is 23.7 Å². The maximum atomic E-state index is 13.6. The maximum Gasteiger partial charge on any atom is 0.311 e. The molecule has 2 aromatic rings. The molecule has 2 bridgehead atoms. The van der Waals surface area contributed by atoms with Gasteiger partial charge in [-0.25, -0.2) is 17.8 Å². The van der Waals surface area contributed by atoms with E-state index >= 15 is 0 Å². The number of benzene rings is 1. The fourth-order valence-corrected chi connectivity index (χ4v) is 5.95. The Bertz CT molecular complexity index is 1490. The van der Waals surface area contributed by atoms with Gasteiger partial charge in [0.05, 0.1) is 10.4 Å². The number of fused-ring (bicyclic) bond motifs is 2. The predicted molar refractivity (Wildman–Crippen MR) is 131 cm³/mol. The third kappa shape index (κ3) is 4.99. The number of hydrogen-bond acceptors (Lipinski definition) is 8. The Morgan fingerprint density at radius 3 is 2.50 bits per heavy atom. The second-order valence-corrected chi connectivity index (χ2v) is 11.9. The van der Waals surface area contributed by atoms with Crippen molar-refractivity contribution >= 4 is 27.6 Å². The van der Waals surface area contributed by atoms with Crippen LogP contribution in [0.4, 0.5) is 4.39 Å². The first-order chi connectivity index (χ1) is 17.7. The van der Waals surface area contributed by atoms with Gasteiger partial charge in [0.2, 0.25) is 5.75 Å². The van der Waals surface area contributed by atoms with Crippen LogP contribution in [0, 0.1) is 11.7 Å². The molecule has 12 nitrogen and oxygen atoms in total. The highest BCUT2D eigenvalue weighted by atomic mass is 32.2. The SMILES string of the molecule is CN(C)C(=O)C(=O)NC12CCC(CC1)Cn1c2nc(C(=O)NCc2ccc(F)cc2S(C)(=O)=O)c(O)c1=O. The summed E-state index contributed by atoms with van der Waals surface area (Å²) < 4.78 is 39.0. The van der Waals surface area contributed by atoms with Crippen molar-refractivity contribution in [2.24, 2.45) is 5.92 Å². The standard InChI is InChI=1S/C24H28FN5O7S/c1-29(2)22(35)20(33)28-24-8-6-13(7-9-24)12-30-21(34)18(31)17(27-23(24)30)19(32)26-11-14-4-5-15(25)10-16(14)38(3,36)37/h4-5,10,13,31H,6-9,11-12H2,1-3H3,(H,26,32)(H,28,33). The monoisotopic (exact) mass is 549 g/mol. The third-order valence-electron chi connectivity index (χ3n) is 7.01. The molecule has 2 aliphatic heterocycles. The first kappa shape index (κ1) is 27.2. The van der Waals surface area contributed by atoms with Crippen molar-refractivity contribution in [1.82, 2.24) is 25.1 Å². The number of aromatic hydroxyl groups is 1. The molecular formula is C24H28FN5O7S. The summed E-state index contributed by atoms with van der Waals surface area (Å²) in [4.78, 5) is 56.3. The van der Waals surface area contributed by atoms with Crippen LogP contribution < -0.4 is 16.2 Å². The molecule has 3 N–H and O–H groups in total. The highest BCUT2D eigenvalue weighted by Crippen LogP contribution is 2.43. The number of nitrogens with one attached hydrogen (secondary N) is 2.